The molecule has 134 valence electrons. The van der Waals surface area contributed by atoms with Crippen LogP contribution in [0.2, 0.25) is 0 Å². The van der Waals surface area contributed by atoms with E-state index in [1.165, 1.54) is 14.2 Å². The second-order valence-electron chi connectivity index (χ2n) is 5.72. The van der Waals surface area contributed by atoms with Crippen LogP contribution in [0.3, 0.4) is 0 Å². The molecule has 0 saturated heterocycles. The van der Waals surface area contributed by atoms with Crippen LogP contribution in [-0.4, -0.2) is 30.3 Å². The summed E-state index contributed by atoms with van der Waals surface area (Å²) in [6.45, 7) is 3.94. The summed E-state index contributed by atoms with van der Waals surface area (Å²) in [5.74, 6) is 0.649. The maximum absolute atomic E-state index is 12.6. The van der Waals surface area contributed by atoms with E-state index in [0.717, 1.165) is 16.7 Å². The molecule has 1 amide bonds. The molecule has 0 spiro atoms. The van der Waals surface area contributed by atoms with Crippen molar-refractivity contribution in [3.63, 3.8) is 0 Å². The van der Waals surface area contributed by atoms with Crippen molar-refractivity contribution in [2.45, 2.75) is 13.8 Å². The summed E-state index contributed by atoms with van der Waals surface area (Å²) in [6.07, 6.45) is 0. The summed E-state index contributed by atoms with van der Waals surface area (Å²) in [6, 6.07) is 11.0. The Hall–Kier alpha value is -3.35. The minimum absolute atomic E-state index is 0.00105. The van der Waals surface area contributed by atoms with Gasteiger partial charge < -0.3 is 13.9 Å². The fourth-order valence-electron chi connectivity index (χ4n) is 2.58. The molecule has 0 aliphatic rings. The number of hydrogen-bond donors (Lipinski definition) is 1. The third-order valence-corrected chi connectivity index (χ3v) is 3.92. The number of benzene rings is 2. The average Bonchev–Trinajstić information content (AvgIpc) is 3.10. The van der Waals surface area contributed by atoms with Crippen LogP contribution < -0.4 is 14.8 Å². The molecule has 0 unspecified atom stereocenters. The Balaban J connectivity index is 1.88. The van der Waals surface area contributed by atoms with Gasteiger partial charge in [0.25, 0.3) is 5.91 Å². The number of aromatic nitrogens is 2. The zero-order chi connectivity index (χ0) is 18.7. The van der Waals surface area contributed by atoms with E-state index in [2.05, 4.69) is 15.5 Å². The molecule has 0 aliphatic carbocycles. The smallest absolute Gasteiger partial charge is 0.322 e. The molecule has 0 aliphatic heterocycles. The molecule has 26 heavy (non-hydrogen) atoms. The Bertz CT molecular complexity index is 927. The van der Waals surface area contributed by atoms with Crippen molar-refractivity contribution in [3.8, 4) is 23.0 Å². The van der Waals surface area contributed by atoms with Crippen molar-refractivity contribution < 1.29 is 18.7 Å². The lowest BCUT2D eigenvalue weighted by molar-refractivity contribution is 0.101. The van der Waals surface area contributed by atoms with Gasteiger partial charge in [0.1, 0.15) is 17.1 Å². The van der Waals surface area contributed by atoms with E-state index in [-0.39, 0.29) is 11.6 Å². The summed E-state index contributed by atoms with van der Waals surface area (Å²) in [7, 11) is 2.97. The van der Waals surface area contributed by atoms with Crippen molar-refractivity contribution in [2.24, 2.45) is 0 Å². The number of hydrogen-bond acceptors (Lipinski definition) is 6. The van der Waals surface area contributed by atoms with Crippen LogP contribution in [0, 0.1) is 13.8 Å². The molecule has 3 aromatic rings. The van der Waals surface area contributed by atoms with Gasteiger partial charge in [-0.15, -0.1) is 5.10 Å². The number of nitrogens with one attached hydrogen (secondary N) is 1. The van der Waals surface area contributed by atoms with E-state index in [0.29, 0.717) is 17.4 Å². The quantitative estimate of drug-likeness (QED) is 0.754. The van der Waals surface area contributed by atoms with E-state index >= 15 is 0 Å². The highest BCUT2D eigenvalue weighted by Crippen LogP contribution is 2.30. The standard InChI is InChI=1S/C19H19N3O4/c1-11-8-9-12(2)13(10-11)18-21-22-19(26-18)20-17(23)16-14(24-3)6-5-7-15(16)25-4/h5-10H,1-4H3,(H,20,22,23). The second-order valence-corrected chi connectivity index (χ2v) is 5.72. The molecule has 1 aromatic heterocycles. The van der Waals surface area contributed by atoms with Crippen molar-refractivity contribution in [2.75, 3.05) is 19.5 Å². The molecule has 7 nitrogen and oxygen atoms in total. The van der Waals surface area contributed by atoms with Gasteiger partial charge in [-0.25, -0.2) is 0 Å². The largest absolute Gasteiger partial charge is 0.496 e. The zero-order valence-electron chi connectivity index (χ0n) is 15.0. The molecule has 3 rings (SSSR count). The molecule has 0 saturated carbocycles. The van der Waals surface area contributed by atoms with E-state index in [1.54, 1.807) is 18.2 Å². The summed E-state index contributed by atoms with van der Waals surface area (Å²) in [5.41, 5.74) is 3.16. The van der Waals surface area contributed by atoms with Crippen LogP contribution >= 0.6 is 0 Å². The Morgan fingerprint density at radius 2 is 1.73 bits per heavy atom. The summed E-state index contributed by atoms with van der Waals surface area (Å²) in [5, 5.41) is 10.5. The Morgan fingerprint density at radius 3 is 2.38 bits per heavy atom. The number of anilines is 1. The first-order valence-corrected chi connectivity index (χ1v) is 7.97. The predicted molar refractivity (Wildman–Crippen MR) is 96.7 cm³/mol. The van der Waals surface area contributed by atoms with Crippen LogP contribution in [0.1, 0.15) is 21.5 Å². The maximum atomic E-state index is 12.6. The van der Waals surface area contributed by atoms with Gasteiger partial charge in [0.05, 0.1) is 14.2 Å². The number of nitrogens with zero attached hydrogens (tertiary/aromatic N) is 2. The third kappa shape index (κ3) is 3.37. The summed E-state index contributed by atoms with van der Waals surface area (Å²) >= 11 is 0. The number of aryl methyl sites for hydroxylation is 2. The van der Waals surface area contributed by atoms with Gasteiger partial charge in [0.15, 0.2) is 0 Å². The van der Waals surface area contributed by atoms with Crippen molar-refractivity contribution >= 4 is 11.9 Å². The molecule has 0 atom stereocenters. The average molecular weight is 353 g/mol. The van der Waals surface area contributed by atoms with Crippen LogP contribution in [-0.2, 0) is 0 Å². The Labute approximate surface area is 151 Å². The van der Waals surface area contributed by atoms with Gasteiger partial charge in [-0.1, -0.05) is 28.9 Å². The molecule has 0 radical (unpaired) electrons. The zero-order valence-corrected chi connectivity index (χ0v) is 15.0. The monoisotopic (exact) mass is 353 g/mol. The highest BCUT2D eigenvalue weighted by atomic mass is 16.5. The first-order valence-electron chi connectivity index (χ1n) is 7.97. The second kappa shape index (κ2) is 7.26. The van der Waals surface area contributed by atoms with Gasteiger partial charge in [0.2, 0.25) is 5.89 Å². The Morgan fingerprint density at radius 1 is 1.04 bits per heavy atom. The lowest BCUT2D eigenvalue weighted by Crippen LogP contribution is -2.14. The lowest BCUT2D eigenvalue weighted by atomic mass is 10.1. The highest BCUT2D eigenvalue weighted by molar-refractivity contribution is 6.07. The SMILES string of the molecule is COc1cccc(OC)c1C(=O)Nc1nnc(-c2cc(C)ccc2C)o1. The first-order chi connectivity index (χ1) is 12.5. The minimum Gasteiger partial charge on any atom is -0.496 e. The fourth-order valence-corrected chi connectivity index (χ4v) is 2.58. The molecule has 1 N–H and O–H groups in total. The van der Waals surface area contributed by atoms with Crippen molar-refractivity contribution in [1.82, 2.24) is 10.2 Å². The number of carbonyl (C=O) groups excluding carboxylic acids is 1. The number of methoxy groups -OCH3 is 2. The van der Waals surface area contributed by atoms with Gasteiger partial charge in [-0.3, -0.25) is 10.1 Å². The van der Waals surface area contributed by atoms with Crippen LogP contribution in [0.15, 0.2) is 40.8 Å². The molecule has 0 bridgehead atoms. The number of carbonyl (C=O) groups is 1. The van der Waals surface area contributed by atoms with Crippen LogP contribution in [0.5, 0.6) is 11.5 Å². The van der Waals surface area contributed by atoms with E-state index in [1.807, 2.05) is 32.0 Å². The lowest BCUT2D eigenvalue weighted by Gasteiger charge is -2.11. The molecule has 1 heterocycles. The molecular weight excluding hydrogens is 334 g/mol. The maximum Gasteiger partial charge on any atom is 0.322 e. The minimum atomic E-state index is -0.463. The van der Waals surface area contributed by atoms with Gasteiger partial charge in [-0.05, 0) is 37.6 Å². The van der Waals surface area contributed by atoms with Crippen LogP contribution in [0.25, 0.3) is 11.5 Å². The van der Waals surface area contributed by atoms with Gasteiger partial charge in [-0.2, -0.15) is 0 Å². The van der Waals surface area contributed by atoms with Crippen molar-refractivity contribution in [1.29, 1.82) is 0 Å². The highest BCUT2D eigenvalue weighted by Gasteiger charge is 2.21. The predicted octanol–water partition coefficient (Wildman–Crippen LogP) is 3.62. The number of rotatable bonds is 5. The fraction of sp³-hybridized carbons (Fsp3) is 0.211. The third-order valence-electron chi connectivity index (χ3n) is 3.92. The van der Waals surface area contributed by atoms with Gasteiger partial charge in [0, 0.05) is 5.56 Å². The molecular formula is C19H19N3O4. The first kappa shape index (κ1) is 17.5. The number of ether oxygens (including phenoxy) is 2. The normalized spacial score (nSPS) is 10.5. The topological polar surface area (TPSA) is 86.5 Å². The van der Waals surface area contributed by atoms with Gasteiger partial charge >= 0.3 is 6.01 Å². The van der Waals surface area contributed by atoms with E-state index < -0.39 is 5.91 Å². The van der Waals surface area contributed by atoms with E-state index in [9.17, 15) is 4.79 Å². The van der Waals surface area contributed by atoms with Crippen LogP contribution in [0.4, 0.5) is 6.01 Å². The molecule has 0 fully saturated rings. The molecule has 7 heteroatoms. The summed E-state index contributed by atoms with van der Waals surface area (Å²) in [4.78, 5) is 12.6. The van der Waals surface area contributed by atoms with Crippen molar-refractivity contribution in [3.05, 3.63) is 53.1 Å². The molecule has 2 aromatic carbocycles. The van der Waals surface area contributed by atoms with E-state index in [4.69, 9.17) is 13.9 Å². The summed E-state index contributed by atoms with van der Waals surface area (Å²) < 4.78 is 16.1. The Kier molecular flexibility index (Phi) is 4.88. The number of amides is 1.